The molecule has 0 aliphatic heterocycles. The molecule has 14 heavy (non-hydrogen) atoms. The molecule has 5 nitrogen and oxygen atoms in total. The molecular formula is C8H10ClN3O2. The zero-order valence-corrected chi connectivity index (χ0v) is 8.34. The Kier molecular flexibility index (Phi) is 3.67. The van der Waals surface area contributed by atoms with Crippen LogP contribution < -0.4 is 16.0 Å². The summed E-state index contributed by atoms with van der Waals surface area (Å²) in [4.78, 5) is 15.0. The standard InChI is InChI=1S/C8H10ClN3O2/c1-2-14-7-4-5(8(13)12-10)3-6(9)11-7/h3-4H,2,10H2,1H3,(H,12,13). The van der Waals surface area contributed by atoms with Gasteiger partial charge in [-0.3, -0.25) is 10.2 Å². The smallest absolute Gasteiger partial charge is 0.265 e. The van der Waals surface area contributed by atoms with Crippen LogP contribution in [0.2, 0.25) is 5.15 Å². The Balaban J connectivity index is 3.00. The molecule has 0 aliphatic rings. The van der Waals surface area contributed by atoms with Crippen molar-refractivity contribution in [1.29, 1.82) is 0 Å². The molecule has 1 rings (SSSR count). The van der Waals surface area contributed by atoms with E-state index in [0.717, 1.165) is 0 Å². The van der Waals surface area contributed by atoms with Crippen molar-refractivity contribution in [3.05, 3.63) is 22.8 Å². The first-order valence-corrected chi connectivity index (χ1v) is 4.36. The highest BCUT2D eigenvalue weighted by atomic mass is 35.5. The number of nitrogen functional groups attached to an aromatic ring is 1. The van der Waals surface area contributed by atoms with Crippen LogP contribution in [0.5, 0.6) is 5.88 Å². The molecule has 0 radical (unpaired) electrons. The van der Waals surface area contributed by atoms with E-state index in [2.05, 4.69) is 4.98 Å². The SMILES string of the molecule is CCOc1cc(C(=O)NN)cc(Cl)n1. The van der Waals surface area contributed by atoms with E-state index in [1.165, 1.54) is 12.1 Å². The number of carbonyl (C=O) groups is 1. The zero-order valence-electron chi connectivity index (χ0n) is 7.58. The van der Waals surface area contributed by atoms with Gasteiger partial charge in [0, 0.05) is 11.6 Å². The fourth-order valence-electron chi connectivity index (χ4n) is 0.909. The molecule has 0 bridgehead atoms. The molecule has 0 fully saturated rings. The number of nitrogens with zero attached hydrogens (tertiary/aromatic N) is 1. The normalized spacial score (nSPS) is 9.64. The van der Waals surface area contributed by atoms with E-state index in [-0.39, 0.29) is 5.15 Å². The lowest BCUT2D eigenvalue weighted by Crippen LogP contribution is -2.30. The van der Waals surface area contributed by atoms with Crippen molar-refractivity contribution < 1.29 is 9.53 Å². The molecule has 1 amide bonds. The average Bonchev–Trinajstić information content (AvgIpc) is 2.16. The summed E-state index contributed by atoms with van der Waals surface area (Å²) < 4.78 is 5.11. The minimum Gasteiger partial charge on any atom is -0.478 e. The largest absolute Gasteiger partial charge is 0.478 e. The van der Waals surface area contributed by atoms with Crippen molar-refractivity contribution in [2.75, 3.05) is 6.61 Å². The Hall–Kier alpha value is -1.33. The number of hydrazine groups is 1. The van der Waals surface area contributed by atoms with Gasteiger partial charge in [0.15, 0.2) is 0 Å². The Labute approximate surface area is 86.2 Å². The topological polar surface area (TPSA) is 77.2 Å². The van der Waals surface area contributed by atoms with Gasteiger partial charge in [0.1, 0.15) is 5.15 Å². The van der Waals surface area contributed by atoms with Crippen molar-refractivity contribution in [2.24, 2.45) is 5.84 Å². The molecular weight excluding hydrogens is 206 g/mol. The predicted molar refractivity (Wildman–Crippen MR) is 52.1 cm³/mol. The number of halogens is 1. The highest BCUT2D eigenvalue weighted by molar-refractivity contribution is 6.29. The van der Waals surface area contributed by atoms with Gasteiger partial charge in [-0.05, 0) is 13.0 Å². The van der Waals surface area contributed by atoms with E-state index in [0.29, 0.717) is 18.1 Å². The molecule has 6 heteroatoms. The second-order valence-corrected chi connectivity index (χ2v) is 2.81. The van der Waals surface area contributed by atoms with Gasteiger partial charge in [-0.25, -0.2) is 10.8 Å². The molecule has 1 aromatic rings. The number of nitrogens with two attached hydrogens (primary N) is 1. The van der Waals surface area contributed by atoms with Crippen LogP contribution in [0.15, 0.2) is 12.1 Å². The maximum Gasteiger partial charge on any atom is 0.265 e. The van der Waals surface area contributed by atoms with Crippen LogP contribution in [0.25, 0.3) is 0 Å². The summed E-state index contributed by atoms with van der Waals surface area (Å²) in [6.07, 6.45) is 0. The van der Waals surface area contributed by atoms with Crippen molar-refractivity contribution in [3.8, 4) is 5.88 Å². The van der Waals surface area contributed by atoms with E-state index in [1.54, 1.807) is 0 Å². The molecule has 1 heterocycles. The number of hydrogen-bond acceptors (Lipinski definition) is 4. The second kappa shape index (κ2) is 4.78. The third-order valence-corrected chi connectivity index (χ3v) is 1.65. The molecule has 0 atom stereocenters. The van der Waals surface area contributed by atoms with Gasteiger partial charge in [-0.2, -0.15) is 0 Å². The Morgan fingerprint density at radius 3 is 3.00 bits per heavy atom. The number of amides is 1. The second-order valence-electron chi connectivity index (χ2n) is 2.42. The fraction of sp³-hybridized carbons (Fsp3) is 0.250. The average molecular weight is 216 g/mol. The molecule has 0 saturated heterocycles. The number of pyridine rings is 1. The summed E-state index contributed by atoms with van der Waals surface area (Å²) in [6, 6.07) is 2.88. The lowest BCUT2D eigenvalue weighted by Gasteiger charge is -2.04. The molecule has 0 aliphatic carbocycles. The molecule has 0 aromatic carbocycles. The lowest BCUT2D eigenvalue weighted by atomic mass is 10.2. The van der Waals surface area contributed by atoms with Crippen LogP contribution >= 0.6 is 11.6 Å². The number of rotatable bonds is 3. The highest BCUT2D eigenvalue weighted by Gasteiger charge is 2.08. The minimum absolute atomic E-state index is 0.189. The molecule has 76 valence electrons. The summed E-state index contributed by atoms with van der Waals surface area (Å²) in [5.41, 5.74) is 2.31. The number of carbonyl (C=O) groups excluding carboxylic acids is 1. The van der Waals surface area contributed by atoms with E-state index >= 15 is 0 Å². The molecule has 1 aromatic heterocycles. The summed E-state index contributed by atoms with van der Waals surface area (Å²) in [6.45, 7) is 2.27. The summed E-state index contributed by atoms with van der Waals surface area (Å²) in [5, 5.41) is 0.189. The van der Waals surface area contributed by atoms with Crippen molar-refractivity contribution in [3.63, 3.8) is 0 Å². The van der Waals surface area contributed by atoms with Crippen LogP contribution in [0.1, 0.15) is 17.3 Å². The van der Waals surface area contributed by atoms with Crippen LogP contribution in [-0.4, -0.2) is 17.5 Å². The predicted octanol–water partition coefficient (Wildman–Crippen LogP) is 0.737. The minimum atomic E-state index is -0.435. The Bertz CT molecular complexity index is 343. The summed E-state index contributed by atoms with van der Waals surface area (Å²) >= 11 is 5.67. The van der Waals surface area contributed by atoms with E-state index < -0.39 is 5.91 Å². The highest BCUT2D eigenvalue weighted by Crippen LogP contribution is 2.16. The summed E-state index contributed by atoms with van der Waals surface area (Å²) in [5.74, 6) is 4.84. The first kappa shape index (κ1) is 10.7. The van der Waals surface area contributed by atoms with E-state index in [9.17, 15) is 4.79 Å². The third-order valence-electron chi connectivity index (χ3n) is 1.46. The van der Waals surface area contributed by atoms with Crippen molar-refractivity contribution >= 4 is 17.5 Å². The van der Waals surface area contributed by atoms with Crippen LogP contribution in [-0.2, 0) is 0 Å². The Morgan fingerprint density at radius 1 is 1.71 bits per heavy atom. The van der Waals surface area contributed by atoms with Gasteiger partial charge in [0.2, 0.25) is 5.88 Å². The van der Waals surface area contributed by atoms with Gasteiger partial charge in [-0.1, -0.05) is 11.6 Å². The fourth-order valence-corrected chi connectivity index (χ4v) is 1.11. The maximum atomic E-state index is 11.1. The number of ether oxygens (including phenoxy) is 1. The first-order valence-electron chi connectivity index (χ1n) is 3.98. The Morgan fingerprint density at radius 2 is 2.43 bits per heavy atom. The zero-order chi connectivity index (χ0) is 10.6. The quantitative estimate of drug-likeness (QED) is 0.337. The van der Waals surface area contributed by atoms with Crippen LogP contribution in [0.3, 0.4) is 0 Å². The van der Waals surface area contributed by atoms with Gasteiger partial charge in [0.25, 0.3) is 5.91 Å². The number of nitrogens with one attached hydrogen (secondary N) is 1. The monoisotopic (exact) mass is 215 g/mol. The lowest BCUT2D eigenvalue weighted by molar-refractivity contribution is 0.0953. The van der Waals surface area contributed by atoms with Crippen LogP contribution in [0.4, 0.5) is 0 Å². The number of hydrogen-bond donors (Lipinski definition) is 2. The molecule has 0 unspecified atom stereocenters. The summed E-state index contributed by atoms with van der Waals surface area (Å²) in [7, 11) is 0. The van der Waals surface area contributed by atoms with Gasteiger partial charge < -0.3 is 4.74 Å². The van der Waals surface area contributed by atoms with Gasteiger partial charge in [0.05, 0.1) is 6.61 Å². The van der Waals surface area contributed by atoms with Crippen molar-refractivity contribution in [1.82, 2.24) is 10.4 Å². The van der Waals surface area contributed by atoms with Crippen molar-refractivity contribution in [2.45, 2.75) is 6.92 Å². The maximum absolute atomic E-state index is 11.1. The van der Waals surface area contributed by atoms with Crippen LogP contribution in [0, 0.1) is 0 Å². The van der Waals surface area contributed by atoms with E-state index in [1.807, 2.05) is 12.3 Å². The first-order chi connectivity index (χ1) is 6.67. The van der Waals surface area contributed by atoms with Gasteiger partial charge >= 0.3 is 0 Å². The molecule has 3 N–H and O–H groups in total. The van der Waals surface area contributed by atoms with E-state index in [4.69, 9.17) is 22.2 Å². The molecule has 0 saturated carbocycles. The number of aromatic nitrogens is 1. The molecule has 0 spiro atoms. The van der Waals surface area contributed by atoms with Gasteiger partial charge in [-0.15, -0.1) is 0 Å². The third kappa shape index (κ3) is 2.58.